The van der Waals surface area contributed by atoms with Crippen LogP contribution in [0.15, 0.2) is 24.3 Å². The third-order valence-corrected chi connectivity index (χ3v) is 4.47. The Labute approximate surface area is 147 Å². The summed E-state index contributed by atoms with van der Waals surface area (Å²) in [6.45, 7) is 5.67. The van der Waals surface area contributed by atoms with Crippen molar-refractivity contribution in [3.63, 3.8) is 0 Å². The van der Waals surface area contributed by atoms with E-state index in [4.69, 9.17) is 17.3 Å². The van der Waals surface area contributed by atoms with Gasteiger partial charge in [0.25, 0.3) is 0 Å². The van der Waals surface area contributed by atoms with Gasteiger partial charge in [-0.1, -0.05) is 37.6 Å². The first-order valence-electron chi connectivity index (χ1n) is 8.19. The number of rotatable bonds is 5. The van der Waals surface area contributed by atoms with E-state index < -0.39 is 6.04 Å². The number of hydrogen-bond acceptors (Lipinski definition) is 4. The molecule has 2 amide bonds. The van der Waals surface area contributed by atoms with E-state index in [9.17, 15) is 9.59 Å². The highest BCUT2D eigenvalue weighted by molar-refractivity contribution is 6.30. The van der Waals surface area contributed by atoms with Gasteiger partial charge in [0.1, 0.15) is 0 Å². The molecule has 0 radical (unpaired) electrons. The summed E-state index contributed by atoms with van der Waals surface area (Å²) in [4.78, 5) is 26.3. The minimum atomic E-state index is -0.607. The fraction of sp³-hybridized carbons (Fsp3) is 0.529. The molecule has 24 heavy (non-hydrogen) atoms. The first-order valence-corrected chi connectivity index (χ1v) is 8.57. The smallest absolute Gasteiger partial charge is 0.242 e. The zero-order valence-corrected chi connectivity index (χ0v) is 14.8. The zero-order chi connectivity index (χ0) is 17.7. The maximum atomic E-state index is 12.6. The molecule has 2 rings (SSSR count). The van der Waals surface area contributed by atoms with E-state index in [0.29, 0.717) is 18.1 Å². The Bertz CT molecular complexity index is 594. The third kappa shape index (κ3) is 4.69. The van der Waals surface area contributed by atoms with Crippen LogP contribution in [0.1, 0.15) is 25.5 Å². The zero-order valence-electron chi connectivity index (χ0n) is 14.1. The van der Waals surface area contributed by atoms with Crippen molar-refractivity contribution >= 4 is 23.4 Å². The highest BCUT2D eigenvalue weighted by Gasteiger charge is 2.28. The summed E-state index contributed by atoms with van der Waals surface area (Å²) in [7, 11) is 0. The summed E-state index contributed by atoms with van der Waals surface area (Å²) in [5, 5.41) is 6.57. The highest BCUT2D eigenvalue weighted by Crippen LogP contribution is 2.24. The summed E-state index contributed by atoms with van der Waals surface area (Å²) in [5.74, 6) is -0.392. The molecule has 0 saturated carbocycles. The van der Waals surface area contributed by atoms with Crippen LogP contribution in [-0.2, 0) is 9.59 Å². The van der Waals surface area contributed by atoms with E-state index in [1.54, 1.807) is 11.0 Å². The first kappa shape index (κ1) is 18.7. The molecule has 1 aliphatic rings. The lowest BCUT2D eigenvalue weighted by Crippen LogP contribution is -2.53. The number of nitrogens with two attached hydrogens (primary N) is 1. The second-order valence-electron chi connectivity index (χ2n) is 6.35. The third-order valence-electron chi connectivity index (χ3n) is 4.23. The maximum Gasteiger partial charge on any atom is 0.242 e. The van der Waals surface area contributed by atoms with Crippen molar-refractivity contribution in [3.8, 4) is 0 Å². The largest absolute Gasteiger partial charge is 0.346 e. The molecule has 4 N–H and O–H groups in total. The molecule has 0 bridgehead atoms. The SMILES string of the molecule is CC(C)[C@H](N)C(=O)NCC(=O)N1CCNCC1c1cccc(Cl)c1. The van der Waals surface area contributed by atoms with Gasteiger partial charge in [-0.3, -0.25) is 9.59 Å². The fourth-order valence-electron chi connectivity index (χ4n) is 2.70. The Hall–Kier alpha value is -1.63. The van der Waals surface area contributed by atoms with Gasteiger partial charge < -0.3 is 21.3 Å². The summed E-state index contributed by atoms with van der Waals surface area (Å²) >= 11 is 6.06. The number of carbonyl (C=O) groups is 2. The summed E-state index contributed by atoms with van der Waals surface area (Å²) in [5.41, 5.74) is 6.78. The fourth-order valence-corrected chi connectivity index (χ4v) is 2.90. The highest BCUT2D eigenvalue weighted by atomic mass is 35.5. The van der Waals surface area contributed by atoms with E-state index in [1.807, 2.05) is 32.0 Å². The van der Waals surface area contributed by atoms with Gasteiger partial charge in [-0.05, 0) is 23.6 Å². The predicted molar refractivity (Wildman–Crippen MR) is 94.6 cm³/mol. The Balaban J connectivity index is 2.02. The maximum absolute atomic E-state index is 12.6. The lowest BCUT2D eigenvalue weighted by Gasteiger charge is -2.36. The number of carbonyl (C=O) groups excluding carboxylic acids is 2. The van der Waals surface area contributed by atoms with Crippen LogP contribution in [0.5, 0.6) is 0 Å². The Morgan fingerprint density at radius 1 is 1.46 bits per heavy atom. The minimum Gasteiger partial charge on any atom is -0.346 e. The lowest BCUT2D eigenvalue weighted by atomic mass is 10.0. The number of hydrogen-bond donors (Lipinski definition) is 3. The summed E-state index contributed by atoms with van der Waals surface area (Å²) in [6.07, 6.45) is 0. The van der Waals surface area contributed by atoms with Crippen molar-refractivity contribution in [3.05, 3.63) is 34.9 Å². The Morgan fingerprint density at radius 3 is 2.88 bits per heavy atom. The molecule has 1 aromatic carbocycles. The van der Waals surface area contributed by atoms with Crippen LogP contribution in [0, 0.1) is 5.92 Å². The van der Waals surface area contributed by atoms with E-state index in [0.717, 1.165) is 12.1 Å². The van der Waals surface area contributed by atoms with Gasteiger partial charge in [0, 0.05) is 24.7 Å². The van der Waals surface area contributed by atoms with Crippen LogP contribution >= 0.6 is 11.6 Å². The monoisotopic (exact) mass is 352 g/mol. The number of amides is 2. The van der Waals surface area contributed by atoms with Gasteiger partial charge in [0.2, 0.25) is 11.8 Å². The first-order chi connectivity index (χ1) is 11.4. The molecule has 132 valence electrons. The van der Waals surface area contributed by atoms with Gasteiger partial charge >= 0.3 is 0 Å². The van der Waals surface area contributed by atoms with Crippen LogP contribution in [-0.4, -0.2) is 48.9 Å². The number of halogens is 1. The van der Waals surface area contributed by atoms with Crippen LogP contribution in [0.4, 0.5) is 0 Å². The Morgan fingerprint density at radius 2 is 2.21 bits per heavy atom. The van der Waals surface area contributed by atoms with Crippen LogP contribution < -0.4 is 16.4 Å². The van der Waals surface area contributed by atoms with Gasteiger partial charge in [0.15, 0.2) is 0 Å². The molecule has 0 aromatic heterocycles. The molecule has 1 heterocycles. The molecule has 1 aliphatic heterocycles. The van der Waals surface area contributed by atoms with Crippen molar-refractivity contribution in [2.75, 3.05) is 26.2 Å². The molecule has 1 aromatic rings. The predicted octanol–water partition coefficient (Wildman–Crippen LogP) is 0.912. The van der Waals surface area contributed by atoms with Crippen LogP contribution in [0.2, 0.25) is 5.02 Å². The standard InChI is InChI=1S/C17H25ClN4O2/c1-11(2)16(19)17(24)21-10-15(23)22-7-6-20-9-14(22)12-4-3-5-13(18)8-12/h3-5,8,11,14,16,20H,6-7,9-10,19H2,1-2H3,(H,21,24)/t14?,16-/m0/s1. The van der Waals surface area contributed by atoms with Crippen molar-refractivity contribution in [1.82, 2.24) is 15.5 Å². The molecule has 7 heteroatoms. The number of nitrogens with one attached hydrogen (secondary N) is 2. The molecule has 6 nitrogen and oxygen atoms in total. The normalized spacial score (nSPS) is 19.2. The van der Waals surface area contributed by atoms with E-state index in [1.165, 1.54) is 0 Å². The second-order valence-corrected chi connectivity index (χ2v) is 6.79. The van der Waals surface area contributed by atoms with Crippen LogP contribution in [0.3, 0.4) is 0 Å². The topological polar surface area (TPSA) is 87.5 Å². The van der Waals surface area contributed by atoms with Crippen molar-refractivity contribution < 1.29 is 9.59 Å². The molecule has 1 unspecified atom stereocenters. The number of nitrogens with zero attached hydrogens (tertiary/aromatic N) is 1. The lowest BCUT2D eigenvalue weighted by molar-refractivity contribution is -0.136. The van der Waals surface area contributed by atoms with Gasteiger partial charge in [-0.25, -0.2) is 0 Å². The molecule has 1 fully saturated rings. The van der Waals surface area contributed by atoms with Crippen LogP contribution in [0.25, 0.3) is 0 Å². The molecule has 0 aliphatic carbocycles. The van der Waals surface area contributed by atoms with Crippen molar-refractivity contribution in [1.29, 1.82) is 0 Å². The second kappa shape index (κ2) is 8.46. The number of benzene rings is 1. The molecular weight excluding hydrogens is 328 g/mol. The summed E-state index contributed by atoms with van der Waals surface area (Å²) < 4.78 is 0. The molecule has 1 saturated heterocycles. The Kier molecular flexibility index (Phi) is 6.60. The molecule has 2 atom stereocenters. The van der Waals surface area contributed by atoms with Crippen molar-refractivity contribution in [2.45, 2.75) is 25.9 Å². The van der Waals surface area contributed by atoms with E-state index >= 15 is 0 Å². The van der Waals surface area contributed by atoms with Crippen molar-refractivity contribution in [2.24, 2.45) is 11.7 Å². The van der Waals surface area contributed by atoms with Gasteiger partial charge in [-0.2, -0.15) is 0 Å². The number of piperazine rings is 1. The van der Waals surface area contributed by atoms with Gasteiger partial charge in [0.05, 0.1) is 18.6 Å². The van der Waals surface area contributed by atoms with E-state index in [-0.39, 0.29) is 30.3 Å². The average Bonchev–Trinajstić information content (AvgIpc) is 2.58. The van der Waals surface area contributed by atoms with E-state index in [2.05, 4.69) is 10.6 Å². The minimum absolute atomic E-state index is 0.0264. The molecule has 0 spiro atoms. The molecular formula is C17H25ClN4O2. The van der Waals surface area contributed by atoms with Gasteiger partial charge in [-0.15, -0.1) is 0 Å². The quantitative estimate of drug-likeness (QED) is 0.735. The summed E-state index contributed by atoms with van der Waals surface area (Å²) in [6, 6.07) is 6.80. The average molecular weight is 353 g/mol.